The number of aromatic nitrogens is 8. The molecule has 0 saturated heterocycles. The smallest absolute Gasteiger partial charge is 0.273 e. The highest BCUT2D eigenvalue weighted by atomic mass is 16.1. The fourth-order valence-electron chi connectivity index (χ4n) is 3.29. The minimum atomic E-state index is -0.178. The standard InChI is InChI=1S/C12H10N4O.C11H8N4O.2C2H6.CH4/c17-12-6-10-11(7-13-14-10)15-16(12)8-9-4-2-1-3-5-9;16-11-6-9-10(7-12-13-9)14-15(11)8-4-2-1-3-5-8;2*1-2;/h1-7,14H,8H2;1-7,13H;2*1-2H3;1H4. The van der Waals surface area contributed by atoms with Crippen LogP contribution in [-0.4, -0.2) is 40.0 Å². The van der Waals surface area contributed by atoms with Gasteiger partial charge in [-0.1, -0.05) is 83.7 Å². The highest BCUT2D eigenvalue weighted by Gasteiger charge is 2.05. The summed E-state index contributed by atoms with van der Waals surface area (Å²) >= 11 is 0. The third-order valence-electron chi connectivity index (χ3n) is 4.91. The van der Waals surface area contributed by atoms with E-state index in [0.717, 1.165) is 11.3 Å². The van der Waals surface area contributed by atoms with Crippen molar-refractivity contribution in [2.75, 3.05) is 0 Å². The predicted molar refractivity (Wildman–Crippen MR) is 153 cm³/mol. The van der Waals surface area contributed by atoms with Gasteiger partial charge in [0.15, 0.2) is 0 Å². The Morgan fingerprint density at radius 1 is 0.684 bits per heavy atom. The number of H-pyrrole nitrogens is 2. The van der Waals surface area contributed by atoms with Crippen LogP contribution in [0.5, 0.6) is 0 Å². The molecular formula is C28H34N8O2. The van der Waals surface area contributed by atoms with E-state index < -0.39 is 0 Å². The second-order valence-electron chi connectivity index (χ2n) is 7.19. The van der Waals surface area contributed by atoms with E-state index in [9.17, 15) is 9.59 Å². The lowest BCUT2D eigenvalue weighted by Gasteiger charge is -2.03. The molecule has 0 amide bonds. The molecule has 4 heterocycles. The van der Waals surface area contributed by atoms with Gasteiger partial charge in [0.2, 0.25) is 0 Å². The number of hydrogen-bond donors (Lipinski definition) is 2. The van der Waals surface area contributed by atoms with Crippen molar-refractivity contribution in [3.8, 4) is 5.69 Å². The van der Waals surface area contributed by atoms with Gasteiger partial charge in [-0.3, -0.25) is 19.8 Å². The number of aromatic amines is 2. The van der Waals surface area contributed by atoms with E-state index in [1.165, 1.54) is 21.5 Å². The summed E-state index contributed by atoms with van der Waals surface area (Å²) in [5.74, 6) is 0. The zero-order valence-corrected chi connectivity index (χ0v) is 21.3. The van der Waals surface area contributed by atoms with Gasteiger partial charge >= 0.3 is 0 Å². The third kappa shape index (κ3) is 7.10. The minimum Gasteiger partial charge on any atom is -0.276 e. The van der Waals surface area contributed by atoms with E-state index in [1.54, 1.807) is 12.4 Å². The monoisotopic (exact) mass is 514 g/mol. The Morgan fingerprint density at radius 2 is 1.18 bits per heavy atom. The minimum absolute atomic E-state index is 0. The van der Waals surface area contributed by atoms with Gasteiger partial charge in [0.05, 0.1) is 35.7 Å². The molecule has 0 radical (unpaired) electrons. The van der Waals surface area contributed by atoms with E-state index in [1.807, 2.05) is 88.4 Å². The second-order valence-corrected chi connectivity index (χ2v) is 7.19. The van der Waals surface area contributed by atoms with Gasteiger partial charge in [-0.2, -0.15) is 25.1 Å². The van der Waals surface area contributed by atoms with Crippen LogP contribution in [0.3, 0.4) is 0 Å². The quantitative estimate of drug-likeness (QED) is 0.343. The molecule has 38 heavy (non-hydrogen) atoms. The molecule has 0 spiro atoms. The average molecular weight is 515 g/mol. The summed E-state index contributed by atoms with van der Waals surface area (Å²) in [6, 6.07) is 22.0. The maximum atomic E-state index is 11.8. The molecule has 2 N–H and O–H groups in total. The predicted octanol–water partition coefficient (Wildman–Crippen LogP) is 4.97. The maximum Gasteiger partial charge on any atom is 0.273 e. The number of nitrogens with one attached hydrogen (secondary N) is 2. The zero-order chi connectivity index (χ0) is 26.6. The Balaban J connectivity index is 0.000000231. The Morgan fingerprint density at radius 3 is 1.76 bits per heavy atom. The Labute approximate surface area is 221 Å². The molecule has 0 aliphatic carbocycles. The lowest BCUT2D eigenvalue weighted by Crippen LogP contribution is -2.22. The Bertz CT molecular complexity index is 1630. The lowest BCUT2D eigenvalue weighted by atomic mass is 10.2. The fourth-order valence-corrected chi connectivity index (χ4v) is 3.29. The number of nitrogens with zero attached hydrogens (tertiary/aromatic N) is 6. The Kier molecular flexibility index (Phi) is 11.3. The first-order chi connectivity index (χ1) is 18.2. The number of para-hydroxylation sites is 1. The summed E-state index contributed by atoms with van der Waals surface area (Å²) in [7, 11) is 0. The molecule has 0 aliphatic rings. The molecule has 0 saturated carbocycles. The number of fused-ring (bicyclic) bond motifs is 2. The van der Waals surface area contributed by atoms with Gasteiger partial charge in [0.25, 0.3) is 11.1 Å². The summed E-state index contributed by atoms with van der Waals surface area (Å²) in [6.45, 7) is 8.47. The average Bonchev–Trinajstić information content (AvgIpc) is 3.61. The molecule has 198 valence electrons. The summed E-state index contributed by atoms with van der Waals surface area (Å²) in [6.07, 6.45) is 3.20. The van der Waals surface area contributed by atoms with Gasteiger partial charge in [-0.15, -0.1) is 0 Å². The SMILES string of the molecule is C.CC.CC.O=c1cc2[nH]ncc2nn1-c1ccccc1.O=c1cc2[nH]ncc2nn1Cc1ccccc1. The van der Waals surface area contributed by atoms with Crippen LogP contribution in [0.15, 0.2) is 94.8 Å². The van der Waals surface area contributed by atoms with Gasteiger partial charge in [-0.05, 0) is 17.7 Å². The van der Waals surface area contributed by atoms with Crippen LogP contribution >= 0.6 is 0 Å². The highest BCUT2D eigenvalue weighted by molar-refractivity contribution is 5.72. The van der Waals surface area contributed by atoms with Gasteiger partial charge in [0.1, 0.15) is 11.0 Å². The van der Waals surface area contributed by atoms with E-state index in [4.69, 9.17) is 0 Å². The molecule has 0 bridgehead atoms. The van der Waals surface area contributed by atoms with E-state index in [0.29, 0.717) is 28.6 Å². The van der Waals surface area contributed by atoms with Crippen LogP contribution in [0.4, 0.5) is 0 Å². The van der Waals surface area contributed by atoms with Crippen molar-refractivity contribution in [2.45, 2.75) is 41.7 Å². The van der Waals surface area contributed by atoms with Crippen molar-refractivity contribution in [1.82, 2.24) is 40.0 Å². The van der Waals surface area contributed by atoms with Crippen molar-refractivity contribution in [2.24, 2.45) is 0 Å². The second kappa shape index (κ2) is 14.6. The van der Waals surface area contributed by atoms with Crippen molar-refractivity contribution in [3.63, 3.8) is 0 Å². The van der Waals surface area contributed by atoms with Crippen molar-refractivity contribution < 1.29 is 0 Å². The van der Waals surface area contributed by atoms with E-state index >= 15 is 0 Å². The first-order valence-electron chi connectivity index (χ1n) is 12.1. The third-order valence-corrected chi connectivity index (χ3v) is 4.91. The number of rotatable bonds is 3. The van der Waals surface area contributed by atoms with Gasteiger partial charge < -0.3 is 0 Å². The molecule has 6 aromatic rings. The first kappa shape index (κ1) is 29.4. The fraction of sp³-hybridized carbons (Fsp3) is 0.214. The lowest BCUT2D eigenvalue weighted by molar-refractivity contribution is 0.653. The molecule has 0 atom stereocenters. The van der Waals surface area contributed by atoms with E-state index in [-0.39, 0.29) is 18.5 Å². The van der Waals surface area contributed by atoms with Crippen LogP contribution in [0.25, 0.3) is 27.8 Å². The molecule has 0 unspecified atom stereocenters. The number of hydrogen-bond acceptors (Lipinski definition) is 6. The molecule has 10 nitrogen and oxygen atoms in total. The van der Waals surface area contributed by atoms with Gasteiger partial charge in [-0.25, -0.2) is 4.68 Å². The van der Waals surface area contributed by atoms with Crippen LogP contribution in [-0.2, 0) is 6.54 Å². The van der Waals surface area contributed by atoms with Crippen molar-refractivity contribution in [1.29, 1.82) is 0 Å². The first-order valence-corrected chi connectivity index (χ1v) is 12.1. The molecule has 6 rings (SSSR count). The Hall–Kier alpha value is -4.86. The summed E-state index contributed by atoms with van der Waals surface area (Å²) < 4.78 is 2.80. The van der Waals surface area contributed by atoms with Crippen LogP contribution < -0.4 is 11.1 Å². The summed E-state index contributed by atoms with van der Waals surface area (Å²) in [5, 5.41) is 21.6. The van der Waals surface area contributed by atoms with E-state index in [2.05, 4.69) is 30.6 Å². The molecule has 0 aliphatic heterocycles. The largest absolute Gasteiger partial charge is 0.276 e. The highest BCUT2D eigenvalue weighted by Crippen LogP contribution is 2.07. The van der Waals surface area contributed by atoms with Crippen molar-refractivity contribution >= 4 is 22.1 Å². The maximum absolute atomic E-state index is 11.8. The van der Waals surface area contributed by atoms with Crippen molar-refractivity contribution in [3.05, 3.63) is 111 Å². The summed E-state index contributed by atoms with van der Waals surface area (Å²) in [5.41, 5.74) is 4.16. The van der Waals surface area contributed by atoms with Crippen LogP contribution in [0.2, 0.25) is 0 Å². The summed E-state index contributed by atoms with van der Waals surface area (Å²) in [4.78, 5) is 23.6. The topological polar surface area (TPSA) is 127 Å². The molecular weight excluding hydrogens is 480 g/mol. The molecule has 10 heteroatoms. The van der Waals surface area contributed by atoms with Crippen LogP contribution in [0, 0.1) is 0 Å². The molecule has 2 aromatic carbocycles. The normalized spacial score (nSPS) is 9.68. The number of benzene rings is 2. The molecule has 0 fully saturated rings. The molecule has 4 aromatic heterocycles. The van der Waals surface area contributed by atoms with Gasteiger partial charge in [0, 0.05) is 12.1 Å². The van der Waals surface area contributed by atoms with Crippen LogP contribution in [0.1, 0.15) is 40.7 Å². The zero-order valence-electron chi connectivity index (χ0n) is 21.3.